The number of piperidine rings is 1. The van der Waals surface area contributed by atoms with Crippen molar-refractivity contribution in [1.29, 1.82) is 5.41 Å². The average Bonchev–Trinajstić information content (AvgIpc) is 2.52. The maximum Gasteiger partial charge on any atom is 0.133 e. The van der Waals surface area contributed by atoms with E-state index in [0.717, 1.165) is 24.0 Å². The van der Waals surface area contributed by atoms with E-state index in [0.29, 0.717) is 11.4 Å². The zero-order chi connectivity index (χ0) is 19.8. The molecule has 3 rings (SSSR count). The summed E-state index contributed by atoms with van der Waals surface area (Å²) in [5.74, 6) is 0.0520. The summed E-state index contributed by atoms with van der Waals surface area (Å²) in [5.41, 5.74) is 7.49. The van der Waals surface area contributed by atoms with Gasteiger partial charge in [0.25, 0.3) is 0 Å². The van der Waals surface area contributed by atoms with Crippen molar-refractivity contribution in [2.24, 2.45) is 0 Å². The molecule has 2 heterocycles. The minimum absolute atomic E-state index is 0.00422. The highest BCUT2D eigenvalue weighted by Crippen LogP contribution is 2.37. The molecule has 1 fully saturated rings. The summed E-state index contributed by atoms with van der Waals surface area (Å²) in [6, 6.07) is 8.49. The van der Waals surface area contributed by atoms with E-state index in [9.17, 15) is 4.39 Å². The molecule has 0 atom stereocenters. The molecular weight excluding hydrogens is 359 g/mol. The summed E-state index contributed by atoms with van der Waals surface area (Å²) in [4.78, 5) is 4.05. The van der Waals surface area contributed by atoms with Crippen LogP contribution in [0.2, 0.25) is 0 Å². The van der Waals surface area contributed by atoms with Crippen molar-refractivity contribution in [2.45, 2.75) is 56.9 Å². The molecule has 27 heavy (non-hydrogen) atoms. The maximum absolute atomic E-state index is 14.7. The number of aromatic nitrogens is 1. The predicted octanol–water partition coefficient (Wildman–Crippen LogP) is 4.84. The molecule has 0 saturated carbocycles. The van der Waals surface area contributed by atoms with Crippen molar-refractivity contribution in [3.8, 4) is 11.1 Å². The predicted molar refractivity (Wildman–Crippen MR) is 113 cm³/mol. The average molecular weight is 387 g/mol. The summed E-state index contributed by atoms with van der Waals surface area (Å²) in [6.07, 6.45) is 3.52. The first kappa shape index (κ1) is 19.8. The topological polar surface area (TPSA) is 74.8 Å². The minimum Gasteiger partial charge on any atom is -0.384 e. The summed E-state index contributed by atoms with van der Waals surface area (Å²) in [5, 5.41) is 12.7. The fourth-order valence-electron chi connectivity index (χ4n) is 4.00. The standard InChI is InChI=1S/C21H27FN4S/c1-20(2)10-15(11-21(3,4)26-20)27-19(24)16-7-5-13(9-17(16)22)14-6-8-18(23)25-12-14/h5-9,12,15,24,26H,10-11H2,1-4H3,(H2,23,25). The van der Waals surface area contributed by atoms with Gasteiger partial charge < -0.3 is 11.1 Å². The Morgan fingerprint density at radius 3 is 2.33 bits per heavy atom. The Kier molecular flexibility index (Phi) is 5.32. The lowest BCUT2D eigenvalue weighted by Gasteiger charge is -2.46. The molecule has 1 saturated heterocycles. The van der Waals surface area contributed by atoms with Crippen LogP contribution in [0.25, 0.3) is 11.1 Å². The Bertz CT molecular complexity index is 830. The summed E-state index contributed by atoms with van der Waals surface area (Å²) >= 11 is 1.47. The molecule has 0 radical (unpaired) electrons. The third-order valence-electron chi connectivity index (χ3n) is 4.77. The van der Waals surface area contributed by atoms with Gasteiger partial charge in [0.15, 0.2) is 0 Å². The Balaban J connectivity index is 1.76. The first-order chi connectivity index (χ1) is 12.5. The molecule has 0 spiro atoms. The second-order valence-corrected chi connectivity index (χ2v) is 9.85. The van der Waals surface area contributed by atoms with Gasteiger partial charge in [-0.15, -0.1) is 11.8 Å². The van der Waals surface area contributed by atoms with Gasteiger partial charge in [-0.1, -0.05) is 6.07 Å². The molecule has 0 bridgehead atoms. The van der Waals surface area contributed by atoms with E-state index in [-0.39, 0.29) is 27.2 Å². The Hall–Kier alpha value is -1.92. The van der Waals surface area contributed by atoms with E-state index in [4.69, 9.17) is 11.1 Å². The second kappa shape index (κ2) is 7.24. The first-order valence-corrected chi connectivity index (χ1v) is 9.99. The molecule has 1 aromatic heterocycles. The van der Waals surface area contributed by atoms with Gasteiger partial charge in [0.2, 0.25) is 0 Å². The monoisotopic (exact) mass is 386 g/mol. The lowest BCUT2D eigenvalue weighted by molar-refractivity contribution is 0.189. The van der Waals surface area contributed by atoms with Crippen molar-refractivity contribution in [3.63, 3.8) is 0 Å². The first-order valence-electron chi connectivity index (χ1n) is 9.11. The molecule has 2 aromatic rings. The zero-order valence-corrected chi connectivity index (χ0v) is 17.1. The van der Waals surface area contributed by atoms with E-state index in [2.05, 4.69) is 38.0 Å². The van der Waals surface area contributed by atoms with Crippen LogP contribution in [0, 0.1) is 11.2 Å². The number of halogens is 1. The third-order valence-corrected chi connectivity index (χ3v) is 5.89. The quantitative estimate of drug-likeness (QED) is 0.521. The van der Waals surface area contributed by atoms with E-state index < -0.39 is 0 Å². The van der Waals surface area contributed by atoms with E-state index in [1.165, 1.54) is 17.8 Å². The number of nitrogen functional groups attached to an aromatic ring is 1. The van der Waals surface area contributed by atoms with Crippen molar-refractivity contribution in [3.05, 3.63) is 47.9 Å². The zero-order valence-electron chi connectivity index (χ0n) is 16.3. The SMILES string of the molecule is CC1(C)CC(SC(=N)c2ccc(-c3ccc(N)nc3)cc2F)CC(C)(C)N1. The van der Waals surface area contributed by atoms with E-state index >= 15 is 0 Å². The molecule has 144 valence electrons. The molecule has 0 amide bonds. The lowest BCUT2D eigenvalue weighted by Crippen LogP contribution is -2.58. The highest BCUT2D eigenvalue weighted by Gasteiger charge is 2.38. The van der Waals surface area contributed by atoms with Crippen LogP contribution in [0.15, 0.2) is 36.5 Å². The van der Waals surface area contributed by atoms with Gasteiger partial charge in [0.1, 0.15) is 11.6 Å². The van der Waals surface area contributed by atoms with Crippen LogP contribution in [-0.2, 0) is 0 Å². The number of nitrogens with one attached hydrogen (secondary N) is 2. The highest BCUT2D eigenvalue weighted by atomic mass is 32.2. The van der Waals surface area contributed by atoms with Gasteiger partial charge in [0.05, 0.1) is 5.04 Å². The number of benzene rings is 1. The van der Waals surface area contributed by atoms with Gasteiger partial charge in [-0.05, 0) is 70.4 Å². The smallest absolute Gasteiger partial charge is 0.133 e. The Morgan fingerprint density at radius 1 is 1.15 bits per heavy atom. The Labute approximate surface area is 164 Å². The van der Waals surface area contributed by atoms with Crippen molar-refractivity contribution < 1.29 is 4.39 Å². The molecule has 4 N–H and O–H groups in total. The summed E-state index contributed by atoms with van der Waals surface area (Å²) < 4.78 is 14.7. The third kappa shape index (κ3) is 4.87. The minimum atomic E-state index is -0.380. The molecule has 1 aliphatic heterocycles. The molecule has 0 unspecified atom stereocenters. The maximum atomic E-state index is 14.7. The molecule has 4 nitrogen and oxygen atoms in total. The number of anilines is 1. The number of nitrogens with zero attached hydrogens (tertiary/aromatic N) is 1. The van der Waals surface area contributed by atoms with Crippen molar-refractivity contribution >= 4 is 22.6 Å². The van der Waals surface area contributed by atoms with Gasteiger partial charge in [0, 0.05) is 33.7 Å². The fraction of sp³-hybridized carbons (Fsp3) is 0.429. The van der Waals surface area contributed by atoms with Gasteiger partial charge >= 0.3 is 0 Å². The van der Waals surface area contributed by atoms with E-state index in [1.54, 1.807) is 18.3 Å². The molecule has 6 heteroatoms. The fourth-order valence-corrected chi connectivity index (χ4v) is 5.62. The van der Waals surface area contributed by atoms with Crippen LogP contribution in [0.1, 0.15) is 46.1 Å². The second-order valence-electron chi connectivity index (χ2n) is 8.54. The van der Waals surface area contributed by atoms with Crippen LogP contribution in [0.3, 0.4) is 0 Å². The normalized spacial score (nSPS) is 19.0. The summed E-state index contributed by atoms with van der Waals surface area (Å²) in [6.45, 7) is 8.73. The molecule has 0 aliphatic carbocycles. The van der Waals surface area contributed by atoms with Crippen molar-refractivity contribution in [1.82, 2.24) is 10.3 Å². The highest BCUT2D eigenvalue weighted by molar-refractivity contribution is 8.14. The molecular formula is C21H27FN4S. The van der Waals surface area contributed by atoms with Gasteiger partial charge in [-0.25, -0.2) is 9.37 Å². The molecule has 1 aromatic carbocycles. The van der Waals surface area contributed by atoms with Crippen LogP contribution in [0.5, 0.6) is 0 Å². The number of hydrogen-bond acceptors (Lipinski definition) is 5. The number of hydrogen-bond donors (Lipinski definition) is 3. The number of thioether (sulfide) groups is 1. The largest absolute Gasteiger partial charge is 0.384 e. The number of rotatable bonds is 3. The number of nitrogens with two attached hydrogens (primary N) is 1. The van der Waals surface area contributed by atoms with E-state index in [1.807, 2.05) is 12.1 Å². The van der Waals surface area contributed by atoms with Gasteiger partial charge in [-0.2, -0.15) is 0 Å². The van der Waals surface area contributed by atoms with Crippen LogP contribution in [-0.4, -0.2) is 26.4 Å². The summed E-state index contributed by atoms with van der Waals surface area (Å²) in [7, 11) is 0. The molecule has 1 aliphatic rings. The Morgan fingerprint density at radius 2 is 1.78 bits per heavy atom. The van der Waals surface area contributed by atoms with Crippen LogP contribution >= 0.6 is 11.8 Å². The van der Waals surface area contributed by atoms with Gasteiger partial charge in [-0.3, -0.25) is 5.41 Å². The van der Waals surface area contributed by atoms with Crippen molar-refractivity contribution in [2.75, 3.05) is 5.73 Å². The lowest BCUT2D eigenvalue weighted by atomic mass is 9.82. The van der Waals surface area contributed by atoms with Crippen LogP contribution < -0.4 is 11.1 Å². The number of pyridine rings is 1. The van der Waals surface area contributed by atoms with Crippen LogP contribution in [0.4, 0.5) is 10.2 Å².